The molecule has 192 valence electrons. The Hall–Kier alpha value is -3.06. The van der Waals surface area contributed by atoms with Crippen molar-refractivity contribution in [2.75, 3.05) is 50.8 Å². The maximum absolute atomic E-state index is 13.1. The largest absolute Gasteiger partial charge is 0.466 e. The molecule has 2 fully saturated rings. The molecule has 0 N–H and O–H groups in total. The van der Waals surface area contributed by atoms with Gasteiger partial charge in [0, 0.05) is 45.0 Å². The number of hydrogen-bond acceptors (Lipinski definition) is 6. The molecule has 0 radical (unpaired) electrons. The number of esters is 1. The summed E-state index contributed by atoms with van der Waals surface area (Å²) in [6.45, 7) is 7.80. The molecular formula is C29H37N3O4. The quantitative estimate of drug-likeness (QED) is 0.522. The van der Waals surface area contributed by atoms with Gasteiger partial charge in [0.15, 0.2) is 0 Å². The third kappa shape index (κ3) is 5.51. The lowest BCUT2D eigenvalue weighted by Gasteiger charge is -2.38. The number of carbonyl (C=O) groups is 2. The summed E-state index contributed by atoms with van der Waals surface area (Å²) in [5, 5.41) is 0. The maximum Gasteiger partial charge on any atom is 0.410 e. The van der Waals surface area contributed by atoms with E-state index in [9.17, 15) is 9.59 Å². The molecule has 1 aliphatic carbocycles. The third-order valence-corrected chi connectivity index (χ3v) is 7.87. The zero-order chi connectivity index (χ0) is 24.9. The number of fused-ring (bicyclic) bond motifs is 3. The van der Waals surface area contributed by atoms with Crippen molar-refractivity contribution in [2.45, 2.75) is 51.2 Å². The van der Waals surface area contributed by atoms with Crippen LogP contribution in [-0.4, -0.2) is 67.7 Å². The van der Waals surface area contributed by atoms with Gasteiger partial charge in [-0.15, -0.1) is 0 Å². The predicted octanol–water partition coefficient (Wildman–Crippen LogP) is 4.72. The molecule has 2 aromatic rings. The minimum absolute atomic E-state index is 0.0767. The normalized spacial score (nSPS) is 21.6. The lowest BCUT2D eigenvalue weighted by atomic mass is 9.80. The van der Waals surface area contributed by atoms with Gasteiger partial charge >= 0.3 is 12.1 Å². The van der Waals surface area contributed by atoms with Crippen LogP contribution in [0, 0.1) is 0 Å². The van der Waals surface area contributed by atoms with Gasteiger partial charge in [-0.1, -0.05) is 36.4 Å². The summed E-state index contributed by atoms with van der Waals surface area (Å²) in [4.78, 5) is 31.6. The topological polar surface area (TPSA) is 62.3 Å². The number of nitrogens with zero attached hydrogens (tertiary/aromatic N) is 3. The number of hydrogen-bond donors (Lipinski definition) is 0. The monoisotopic (exact) mass is 491 g/mol. The fourth-order valence-electron chi connectivity index (χ4n) is 5.90. The van der Waals surface area contributed by atoms with Gasteiger partial charge in [0.1, 0.15) is 6.61 Å². The van der Waals surface area contributed by atoms with Crippen molar-refractivity contribution in [1.29, 1.82) is 0 Å². The highest BCUT2D eigenvalue weighted by molar-refractivity contribution is 5.70. The zero-order valence-electron chi connectivity index (χ0n) is 21.2. The lowest BCUT2D eigenvalue weighted by molar-refractivity contribution is -0.143. The molecule has 0 spiro atoms. The molecular weight excluding hydrogens is 454 g/mol. The summed E-state index contributed by atoms with van der Waals surface area (Å²) < 4.78 is 10.8. The molecule has 3 aliphatic heterocycles. The van der Waals surface area contributed by atoms with Crippen LogP contribution in [0.2, 0.25) is 0 Å². The second kappa shape index (κ2) is 11.3. The van der Waals surface area contributed by atoms with E-state index in [0.29, 0.717) is 25.6 Å². The van der Waals surface area contributed by atoms with Crippen molar-refractivity contribution in [2.24, 2.45) is 0 Å². The Kier molecular flexibility index (Phi) is 7.75. The highest BCUT2D eigenvalue weighted by atomic mass is 16.6. The first-order valence-electron chi connectivity index (χ1n) is 13.4. The molecule has 36 heavy (non-hydrogen) atoms. The van der Waals surface area contributed by atoms with E-state index in [1.54, 1.807) is 0 Å². The van der Waals surface area contributed by atoms with Crippen molar-refractivity contribution >= 4 is 17.7 Å². The van der Waals surface area contributed by atoms with Crippen molar-refractivity contribution in [1.82, 2.24) is 9.80 Å². The van der Waals surface area contributed by atoms with Gasteiger partial charge in [0.2, 0.25) is 0 Å². The molecule has 7 nitrogen and oxygen atoms in total. The second-order valence-electron chi connectivity index (χ2n) is 10.0. The Balaban J connectivity index is 1.24. The number of anilines is 1. The minimum atomic E-state index is -0.210. The summed E-state index contributed by atoms with van der Waals surface area (Å²) in [5.41, 5.74) is 4.93. The van der Waals surface area contributed by atoms with Crippen LogP contribution < -0.4 is 4.90 Å². The van der Waals surface area contributed by atoms with Crippen LogP contribution in [-0.2, 0) is 20.9 Å². The van der Waals surface area contributed by atoms with Gasteiger partial charge < -0.3 is 19.3 Å². The molecule has 2 atom stereocenters. The molecule has 1 unspecified atom stereocenters. The number of amides is 1. The zero-order valence-corrected chi connectivity index (χ0v) is 21.2. The number of carbonyl (C=O) groups excluding carboxylic acids is 2. The van der Waals surface area contributed by atoms with E-state index in [-0.39, 0.29) is 18.1 Å². The van der Waals surface area contributed by atoms with E-state index in [0.717, 1.165) is 64.1 Å². The molecule has 7 heteroatoms. The molecule has 6 rings (SSSR count). The van der Waals surface area contributed by atoms with Crippen LogP contribution >= 0.6 is 0 Å². The molecule has 2 aromatic carbocycles. The number of ether oxygens (including phenoxy) is 2. The smallest absolute Gasteiger partial charge is 0.410 e. The summed E-state index contributed by atoms with van der Waals surface area (Å²) in [6.07, 6.45) is 3.34. The Bertz CT molecular complexity index is 1050. The van der Waals surface area contributed by atoms with Crippen LogP contribution in [0.15, 0.2) is 48.5 Å². The highest BCUT2D eigenvalue weighted by Gasteiger charge is 2.38. The van der Waals surface area contributed by atoms with Gasteiger partial charge in [-0.05, 0) is 60.9 Å². The number of benzene rings is 2. The Morgan fingerprint density at radius 1 is 0.889 bits per heavy atom. The summed E-state index contributed by atoms with van der Waals surface area (Å²) >= 11 is 0. The molecule has 1 amide bonds. The van der Waals surface area contributed by atoms with Gasteiger partial charge in [-0.2, -0.15) is 0 Å². The number of piperazine rings is 1. The molecule has 2 saturated heterocycles. The van der Waals surface area contributed by atoms with E-state index >= 15 is 0 Å². The van der Waals surface area contributed by atoms with Crippen molar-refractivity contribution in [3.05, 3.63) is 65.2 Å². The standard InChI is InChI=1S/C29H37N3O4/c1-2-35-28(33)13-14-30-16-18-31(19-17-30)24-9-10-25-23-8-11-27(26(25)20-24)32(15-12-23)29(34)36-21-22-6-4-3-5-7-22/h3-7,9-10,20,23,27H,2,8,11-19,21H2,1H3/t23?,27-/m1/s1. The van der Waals surface area contributed by atoms with Crippen molar-refractivity contribution in [3.8, 4) is 0 Å². The molecule has 3 heterocycles. The van der Waals surface area contributed by atoms with Gasteiger partial charge in [-0.3, -0.25) is 9.69 Å². The van der Waals surface area contributed by atoms with Gasteiger partial charge in [0.25, 0.3) is 0 Å². The van der Waals surface area contributed by atoms with Crippen LogP contribution in [0.1, 0.15) is 61.3 Å². The molecule has 4 aliphatic rings. The molecule has 0 saturated carbocycles. The fraction of sp³-hybridized carbons (Fsp3) is 0.517. The first kappa shape index (κ1) is 24.6. The lowest BCUT2D eigenvalue weighted by Crippen LogP contribution is -2.47. The van der Waals surface area contributed by atoms with E-state index in [2.05, 4.69) is 28.0 Å². The van der Waals surface area contributed by atoms with Crippen molar-refractivity contribution in [3.63, 3.8) is 0 Å². The van der Waals surface area contributed by atoms with E-state index in [4.69, 9.17) is 9.47 Å². The summed E-state index contributed by atoms with van der Waals surface area (Å²) in [7, 11) is 0. The minimum Gasteiger partial charge on any atom is -0.466 e. The van der Waals surface area contributed by atoms with Crippen LogP contribution in [0.3, 0.4) is 0 Å². The Morgan fingerprint density at radius 2 is 1.69 bits per heavy atom. The van der Waals surface area contributed by atoms with Gasteiger partial charge in [-0.25, -0.2) is 4.79 Å². The van der Waals surface area contributed by atoms with Crippen LogP contribution in [0.25, 0.3) is 0 Å². The maximum atomic E-state index is 13.1. The summed E-state index contributed by atoms with van der Waals surface area (Å²) in [6, 6.07) is 16.8. The highest BCUT2D eigenvalue weighted by Crippen LogP contribution is 2.47. The summed E-state index contributed by atoms with van der Waals surface area (Å²) in [5.74, 6) is 0.393. The number of rotatable bonds is 7. The van der Waals surface area contributed by atoms with Crippen molar-refractivity contribution < 1.29 is 19.1 Å². The Morgan fingerprint density at radius 3 is 2.47 bits per heavy atom. The van der Waals surface area contributed by atoms with Crippen LogP contribution in [0.4, 0.5) is 10.5 Å². The first-order chi connectivity index (χ1) is 17.6. The predicted molar refractivity (Wildman–Crippen MR) is 139 cm³/mol. The molecule has 0 aromatic heterocycles. The van der Waals surface area contributed by atoms with E-state index < -0.39 is 0 Å². The molecule has 2 bridgehead atoms. The second-order valence-corrected chi connectivity index (χ2v) is 10.0. The third-order valence-electron chi connectivity index (χ3n) is 7.87. The average molecular weight is 492 g/mol. The Labute approximate surface area is 214 Å². The van der Waals surface area contributed by atoms with E-state index in [1.165, 1.54) is 16.8 Å². The van der Waals surface area contributed by atoms with Crippen LogP contribution in [0.5, 0.6) is 0 Å². The average Bonchev–Trinajstić information content (AvgIpc) is 3.23. The first-order valence-corrected chi connectivity index (χ1v) is 13.4. The van der Waals surface area contributed by atoms with E-state index in [1.807, 2.05) is 42.2 Å². The fourth-order valence-corrected chi connectivity index (χ4v) is 5.90. The SMILES string of the molecule is CCOC(=O)CCN1CCN(c2ccc3c(c2)[C@H]2CCC3CCN2C(=O)OCc2ccccc2)CC1. The van der Waals surface area contributed by atoms with Gasteiger partial charge in [0.05, 0.1) is 19.1 Å².